The van der Waals surface area contributed by atoms with E-state index in [9.17, 15) is 0 Å². The second-order valence-electron chi connectivity index (χ2n) is 4.58. The lowest BCUT2D eigenvalue weighted by atomic mass is 10.2. The molecule has 18 heavy (non-hydrogen) atoms. The third kappa shape index (κ3) is 3.86. The summed E-state index contributed by atoms with van der Waals surface area (Å²) in [5, 5.41) is 4.37. The van der Waals surface area contributed by atoms with Crippen LogP contribution in [0.4, 0.5) is 5.69 Å². The predicted octanol–water partition coefficient (Wildman–Crippen LogP) is 3.74. The fourth-order valence-corrected chi connectivity index (χ4v) is 2.71. The standard InChI is InChI=1S/C15H20N2S/c1-2-8-17(11-14-7-9-18-12-14)10-13-3-5-15(16)6-4-13/h3-7,9,12H,2,8,10-11,16H2,1H3. The Morgan fingerprint density at radius 2 is 1.78 bits per heavy atom. The SMILES string of the molecule is CCCN(Cc1ccc(N)cc1)Cc1ccsc1. The van der Waals surface area contributed by atoms with Crippen molar-refractivity contribution < 1.29 is 0 Å². The van der Waals surface area contributed by atoms with E-state index in [1.807, 2.05) is 12.1 Å². The van der Waals surface area contributed by atoms with Gasteiger partial charge in [-0.3, -0.25) is 4.90 Å². The number of benzene rings is 1. The Morgan fingerprint density at radius 1 is 1.06 bits per heavy atom. The molecule has 0 radical (unpaired) electrons. The van der Waals surface area contributed by atoms with Gasteiger partial charge < -0.3 is 5.73 Å². The highest BCUT2D eigenvalue weighted by Crippen LogP contribution is 2.14. The average molecular weight is 260 g/mol. The number of hydrogen-bond acceptors (Lipinski definition) is 3. The summed E-state index contributed by atoms with van der Waals surface area (Å²) in [5.74, 6) is 0. The van der Waals surface area contributed by atoms with Crippen LogP contribution in [0.25, 0.3) is 0 Å². The van der Waals surface area contributed by atoms with Gasteiger partial charge in [0, 0.05) is 18.8 Å². The van der Waals surface area contributed by atoms with Gasteiger partial charge in [0.1, 0.15) is 0 Å². The predicted molar refractivity (Wildman–Crippen MR) is 79.6 cm³/mol. The topological polar surface area (TPSA) is 29.3 Å². The van der Waals surface area contributed by atoms with Gasteiger partial charge in [-0.1, -0.05) is 19.1 Å². The van der Waals surface area contributed by atoms with Crippen molar-refractivity contribution in [3.05, 3.63) is 52.2 Å². The molecule has 2 aromatic rings. The van der Waals surface area contributed by atoms with Gasteiger partial charge in [-0.05, 0) is 53.1 Å². The molecule has 2 N–H and O–H groups in total. The Balaban J connectivity index is 1.99. The molecule has 3 heteroatoms. The van der Waals surface area contributed by atoms with E-state index < -0.39 is 0 Å². The Bertz CT molecular complexity index is 448. The Labute approximate surface area is 113 Å². The van der Waals surface area contributed by atoms with E-state index in [1.165, 1.54) is 17.5 Å². The number of hydrogen-bond donors (Lipinski definition) is 1. The van der Waals surface area contributed by atoms with Crippen LogP contribution in [0.3, 0.4) is 0 Å². The Hall–Kier alpha value is -1.32. The van der Waals surface area contributed by atoms with E-state index >= 15 is 0 Å². The molecule has 0 fully saturated rings. The smallest absolute Gasteiger partial charge is 0.0314 e. The van der Waals surface area contributed by atoms with E-state index in [-0.39, 0.29) is 0 Å². The molecule has 0 amide bonds. The molecule has 1 aromatic heterocycles. The van der Waals surface area contributed by atoms with Crippen LogP contribution in [0.5, 0.6) is 0 Å². The first kappa shape index (κ1) is 13.1. The maximum absolute atomic E-state index is 5.71. The van der Waals surface area contributed by atoms with Crippen LogP contribution in [-0.2, 0) is 13.1 Å². The molecule has 0 aliphatic carbocycles. The van der Waals surface area contributed by atoms with Crippen molar-refractivity contribution in [2.75, 3.05) is 12.3 Å². The van der Waals surface area contributed by atoms with Gasteiger partial charge >= 0.3 is 0 Å². The number of nitrogen functional groups attached to an aromatic ring is 1. The molecule has 0 unspecified atom stereocenters. The number of rotatable bonds is 6. The first-order valence-corrected chi connectivity index (χ1v) is 7.30. The fourth-order valence-electron chi connectivity index (χ4n) is 2.05. The average Bonchev–Trinajstić information content (AvgIpc) is 2.85. The molecule has 0 aliphatic rings. The molecule has 1 heterocycles. The molecule has 0 atom stereocenters. The van der Waals surface area contributed by atoms with E-state index in [0.29, 0.717) is 0 Å². The zero-order chi connectivity index (χ0) is 12.8. The van der Waals surface area contributed by atoms with Crippen LogP contribution in [0.1, 0.15) is 24.5 Å². The highest BCUT2D eigenvalue weighted by molar-refractivity contribution is 7.07. The minimum absolute atomic E-state index is 0.832. The molecule has 2 rings (SSSR count). The second-order valence-corrected chi connectivity index (χ2v) is 5.36. The van der Waals surface area contributed by atoms with Gasteiger partial charge in [0.05, 0.1) is 0 Å². The van der Waals surface area contributed by atoms with E-state index in [4.69, 9.17) is 5.73 Å². The summed E-state index contributed by atoms with van der Waals surface area (Å²) in [6.45, 7) is 5.37. The van der Waals surface area contributed by atoms with Crippen LogP contribution < -0.4 is 5.73 Å². The number of nitrogens with zero attached hydrogens (tertiary/aromatic N) is 1. The molecule has 0 saturated heterocycles. The van der Waals surface area contributed by atoms with Gasteiger partial charge in [-0.15, -0.1) is 0 Å². The van der Waals surface area contributed by atoms with Crippen LogP contribution >= 0.6 is 11.3 Å². The Morgan fingerprint density at radius 3 is 2.39 bits per heavy atom. The first-order chi connectivity index (χ1) is 8.78. The Kier molecular flexibility index (Phi) is 4.79. The monoisotopic (exact) mass is 260 g/mol. The maximum Gasteiger partial charge on any atom is 0.0314 e. The molecule has 0 aliphatic heterocycles. The van der Waals surface area contributed by atoms with Crippen molar-refractivity contribution in [3.8, 4) is 0 Å². The van der Waals surface area contributed by atoms with Crippen LogP contribution in [0.15, 0.2) is 41.1 Å². The van der Waals surface area contributed by atoms with E-state index in [2.05, 4.69) is 40.8 Å². The van der Waals surface area contributed by atoms with Gasteiger partial charge in [-0.25, -0.2) is 0 Å². The van der Waals surface area contributed by atoms with Gasteiger partial charge in [0.2, 0.25) is 0 Å². The quantitative estimate of drug-likeness (QED) is 0.802. The third-order valence-electron chi connectivity index (χ3n) is 2.91. The van der Waals surface area contributed by atoms with E-state index in [0.717, 1.165) is 25.3 Å². The third-order valence-corrected chi connectivity index (χ3v) is 3.64. The number of nitrogens with two attached hydrogens (primary N) is 1. The van der Waals surface area contributed by atoms with Gasteiger partial charge in [0.15, 0.2) is 0 Å². The second kappa shape index (κ2) is 6.57. The minimum Gasteiger partial charge on any atom is -0.399 e. The normalized spacial score (nSPS) is 11.0. The van der Waals surface area contributed by atoms with Crippen LogP contribution in [0, 0.1) is 0 Å². The van der Waals surface area contributed by atoms with E-state index in [1.54, 1.807) is 11.3 Å². The number of thiophene rings is 1. The molecular weight excluding hydrogens is 240 g/mol. The van der Waals surface area contributed by atoms with Crippen LogP contribution in [0.2, 0.25) is 0 Å². The lowest BCUT2D eigenvalue weighted by molar-refractivity contribution is 0.257. The highest BCUT2D eigenvalue weighted by atomic mass is 32.1. The molecule has 1 aromatic carbocycles. The van der Waals surface area contributed by atoms with Crippen molar-refractivity contribution in [1.82, 2.24) is 4.90 Å². The molecular formula is C15H20N2S. The zero-order valence-electron chi connectivity index (χ0n) is 10.8. The van der Waals surface area contributed by atoms with Crippen molar-refractivity contribution in [1.29, 1.82) is 0 Å². The summed E-state index contributed by atoms with van der Waals surface area (Å²) >= 11 is 1.76. The molecule has 0 bridgehead atoms. The minimum atomic E-state index is 0.832. The van der Waals surface area contributed by atoms with Crippen molar-refractivity contribution in [2.45, 2.75) is 26.4 Å². The summed E-state index contributed by atoms with van der Waals surface area (Å²) in [4.78, 5) is 2.48. The summed E-state index contributed by atoms with van der Waals surface area (Å²) < 4.78 is 0. The largest absolute Gasteiger partial charge is 0.399 e. The summed E-state index contributed by atoms with van der Waals surface area (Å²) in [7, 11) is 0. The first-order valence-electron chi connectivity index (χ1n) is 6.36. The molecule has 96 valence electrons. The summed E-state index contributed by atoms with van der Waals surface area (Å²) in [5.41, 5.74) is 9.28. The van der Waals surface area contributed by atoms with Gasteiger partial charge in [0.25, 0.3) is 0 Å². The molecule has 0 spiro atoms. The lowest BCUT2D eigenvalue weighted by Crippen LogP contribution is -2.23. The molecule has 0 saturated carbocycles. The van der Waals surface area contributed by atoms with Crippen LogP contribution in [-0.4, -0.2) is 11.4 Å². The number of anilines is 1. The highest BCUT2D eigenvalue weighted by Gasteiger charge is 2.06. The molecule has 2 nitrogen and oxygen atoms in total. The summed E-state index contributed by atoms with van der Waals surface area (Å²) in [6, 6.07) is 10.4. The fraction of sp³-hybridized carbons (Fsp3) is 0.333. The van der Waals surface area contributed by atoms with Crippen molar-refractivity contribution in [3.63, 3.8) is 0 Å². The van der Waals surface area contributed by atoms with Crippen molar-refractivity contribution in [2.24, 2.45) is 0 Å². The van der Waals surface area contributed by atoms with Gasteiger partial charge in [-0.2, -0.15) is 11.3 Å². The lowest BCUT2D eigenvalue weighted by Gasteiger charge is -2.21. The van der Waals surface area contributed by atoms with Crippen molar-refractivity contribution >= 4 is 17.0 Å². The summed E-state index contributed by atoms with van der Waals surface area (Å²) in [6.07, 6.45) is 1.18. The zero-order valence-corrected chi connectivity index (χ0v) is 11.6. The maximum atomic E-state index is 5.71.